The van der Waals surface area contributed by atoms with Crippen molar-refractivity contribution >= 4 is 11.8 Å². The van der Waals surface area contributed by atoms with Crippen molar-refractivity contribution < 1.29 is 18.7 Å². The molecule has 11 atom stereocenters. The molecule has 0 radical (unpaired) electrons. The van der Waals surface area contributed by atoms with E-state index in [1.807, 2.05) is 6.08 Å². The van der Waals surface area contributed by atoms with E-state index in [1.54, 1.807) is 0 Å². The topological polar surface area (TPSA) is 43.4 Å². The molecule has 7 aliphatic rings. The Morgan fingerprint density at radius 2 is 1.89 bits per heavy atom. The smallest absolute Gasteiger partial charge is 0.306 e. The van der Waals surface area contributed by atoms with E-state index < -0.39 is 11.8 Å². The summed E-state index contributed by atoms with van der Waals surface area (Å²) in [6, 6.07) is 0. The summed E-state index contributed by atoms with van der Waals surface area (Å²) in [6.07, 6.45) is 6.59. The number of allylic oxidation sites excluding steroid dienone is 1. The summed E-state index contributed by atoms with van der Waals surface area (Å²) in [5.74, 6) is 3.26. The summed E-state index contributed by atoms with van der Waals surface area (Å²) in [5.41, 5.74) is 0.540. The van der Waals surface area contributed by atoms with Crippen LogP contribution in [-0.4, -0.2) is 23.5 Å². The molecule has 4 heteroatoms. The lowest BCUT2D eigenvalue weighted by Gasteiger charge is -2.61. The third-order valence-corrected chi connectivity index (χ3v) is 10.8. The molecule has 5 saturated carbocycles. The van der Waals surface area contributed by atoms with Crippen LogP contribution >= 0.6 is 0 Å². The summed E-state index contributed by atoms with van der Waals surface area (Å²) in [4.78, 5) is 24.3. The van der Waals surface area contributed by atoms with Crippen LogP contribution in [0.2, 0.25) is 0 Å². The number of halogens is 1. The fourth-order valence-electron chi connectivity index (χ4n) is 9.78. The number of hydrogen-bond acceptors (Lipinski definition) is 3. The van der Waals surface area contributed by atoms with E-state index in [0.29, 0.717) is 54.8 Å². The lowest BCUT2D eigenvalue weighted by molar-refractivity contribution is -0.188. The summed E-state index contributed by atoms with van der Waals surface area (Å²) < 4.78 is 22.2. The maximum Gasteiger partial charge on any atom is 0.306 e. The van der Waals surface area contributed by atoms with Gasteiger partial charge in [0.1, 0.15) is 11.8 Å². The Morgan fingerprint density at radius 1 is 1.07 bits per heavy atom. The molecule has 3 nitrogen and oxygen atoms in total. The largest absolute Gasteiger partial charge is 0.458 e. The van der Waals surface area contributed by atoms with Crippen LogP contribution in [0.25, 0.3) is 0 Å². The van der Waals surface area contributed by atoms with Crippen LogP contribution in [0.3, 0.4) is 0 Å². The van der Waals surface area contributed by atoms with Crippen LogP contribution < -0.4 is 0 Å². The summed E-state index contributed by atoms with van der Waals surface area (Å²) in [5, 5.41) is 0. The highest BCUT2D eigenvalue weighted by Crippen LogP contribution is 2.82. The number of alkyl halides is 1. The summed E-state index contributed by atoms with van der Waals surface area (Å²) in [7, 11) is 0. The Bertz CT molecular complexity index is 864. The molecule has 28 heavy (non-hydrogen) atoms. The zero-order valence-electron chi connectivity index (χ0n) is 16.7. The van der Waals surface area contributed by atoms with E-state index in [0.717, 1.165) is 19.3 Å². The molecule has 1 saturated heterocycles. The van der Waals surface area contributed by atoms with Crippen molar-refractivity contribution in [3.8, 4) is 0 Å². The molecule has 0 amide bonds. The van der Waals surface area contributed by atoms with Gasteiger partial charge in [0, 0.05) is 30.1 Å². The first kappa shape index (κ1) is 16.6. The number of esters is 1. The maximum atomic E-state index is 16.1. The Kier molecular flexibility index (Phi) is 2.72. The van der Waals surface area contributed by atoms with Crippen molar-refractivity contribution in [3.05, 3.63) is 11.6 Å². The molecule has 0 aromatic rings. The van der Waals surface area contributed by atoms with Gasteiger partial charge in [-0.25, -0.2) is 4.39 Å². The average Bonchev–Trinajstić information content (AvgIpc) is 3.53. The molecule has 1 spiro atoms. The summed E-state index contributed by atoms with van der Waals surface area (Å²) >= 11 is 0. The monoisotopic (exact) mass is 384 g/mol. The lowest BCUT2D eigenvalue weighted by atomic mass is 9.44. The number of ether oxygens (including phenoxy) is 1. The minimum atomic E-state index is -0.858. The fraction of sp³-hybridized carbons (Fsp3) is 0.833. The molecule has 0 N–H and O–H groups in total. The Labute approximate surface area is 165 Å². The molecule has 0 bridgehead atoms. The van der Waals surface area contributed by atoms with Crippen molar-refractivity contribution in [1.29, 1.82) is 0 Å². The molecule has 0 aromatic carbocycles. The second kappa shape index (κ2) is 4.59. The quantitative estimate of drug-likeness (QED) is 0.586. The van der Waals surface area contributed by atoms with Gasteiger partial charge in [0.25, 0.3) is 0 Å². The van der Waals surface area contributed by atoms with Crippen LogP contribution in [-0.2, 0) is 14.3 Å². The number of hydrogen-bond donors (Lipinski definition) is 0. The minimum Gasteiger partial charge on any atom is -0.458 e. The highest BCUT2D eigenvalue weighted by atomic mass is 19.1. The van der Waals surface area contributed by atoms with Crippen LogP contribution in [0.1, 0.15) is 58.8 Å². The van der Waals surface area contributed by atoms with Gasteiger partial charge in [-0.05, 0) is 73.2 Å². The Balaban J connectivity index is 1.36. The first-order valence-electron chi connectivity index (χ1n) is 11.4. The summed E-state index contributed by atoms with van der Waals surface area (Å²) in [6.45, 7) is 4.53. The Hall–Kier alpha value is -1.19. The fourth-order valence-corrected chi connectivity index (χ4v) is 9.78. The van der Waals surface area contributed by atoms with Crippen molar-refractivity contribution in [3.63, 3.8) is 0 Å². The first-order chi connectivity index (χ1) is 13.3. The molecule has 150 valence electrons. The van der Waals surface area contributed by atoms with Gasteiger partial charge in [-0.1, -0.05) is 19.4 Å². The van der Waals surface area contributed by atoms with Gasteiger partial charge in [-0.3, -0.25) is 9.59 Å². The number of rotatable bonds is 0. The molecule has 0 aromatic heterocycles. The van der Waals surface area contributed by atoms with E-state index in [9.17, 15) is 9.59 Å². The highest BCUT2D eigenvalue weighted by Gasteiger charge is 2.82. The third kappa shape index (κ3) is 1.60. The van der Waals surface area contributed by atoms with Crippen LogP contribution in [0, 0.1) is 52.3 Å². The van der Waals surface area contributed by atoms with Crippen molar-refractivity contribution in [2.45, 2.75) is 70.6 Å². The predicted octanol–water partition coefficient (Wildman–Crippen LogP) is 4.25. The van der Waals surface area contributed by atoms with E-state index >= 15 is 4.39 Å². The third-order valence-electron chi connectivity index (χ3n) is 10.8. The number of carbonyl (C=O) groups excluding carboxylic acids is 2. The van der Waals surface area contributed by atoms with Gasteiger partial charge in [-0.2, -0.15) is 0 Å². The maximum absolute atomic E-state index is 16.1. The van der Waals surface area contributed by atoms with E-state index in [1.165, 1.54) is 12.0 Å². The number of ketones is 1. The molecule has 1 heterocycles. The van der Waals surface area contributed by atoms with E-state index in [4.69, 9.17) is 4.74 Å². The molecule has 6 fully saturated rings. The van der Waals surface area contributed by atoms with Crippen LogP contribution in [0.4, 0.5) is 4.39 Å². The SMILES string of the molecule is C[C@]12CCC(=O)C=C1[C@@H]1C[C@@H]1C1C2[C@@H](F)C[C@@]2(C)C1[C@@H]1CC1[C@@]21CCC(=O)O1. The number of carbonyl (C=O) groups is 2. The zero-order valence-corrected chi connectivity index (χ0v) is 16.7. The molecular weight excluding hydrogens is 355 g/mol. The van der Waals surface area contributed by atoms with Crippen LogP contribution in [0.5, 0.6) is 0 Å². The van der Waals surface area contributed by atoms with Crippen molar-refractivity contribution in [2.75, 3.05) is 0 Å². The normalized spacial score (nSPS) is 62.9. The van der Waals surface area contributed by atoms with E-state index in [-0.39, 0.29) is 28.5 Å². The first-order valence-corrected chi connectivity index (χ1v) is 11.4. The van der Waals surface area contributed by atoms with Gasteiger partial charge in [0.15, 0.2) is 5.78 Å². The van der Waals surface area contributed by atoms with Gasteiger partial charge >= 0.3 is 5.97 Å². The van der Waals surface area contributed by atoms with Gasteiger partial charge in [-0.15, -0.1) is 0 Å². The Morgan fingerprint density at radius 3 is 2.64 bits per heavy atom. The van der Waals surface area contributed by atoms with E-state index in [2.05, 4.69) is 13.8 Å². The molecule has 4 unspecified atom stereocenters. The lowest BCUT2D eigenvalue weighted by Crippen LogP contribution is -2.61. The van der Waals surface area contributed by atoms with Crippen molar-refractivity contribution in [2.24, 2.45) is 52.3 Å². The second-order valence-corrected chi connectivity index (χ2v) is 11.6. The predicted molar refractivity (Wildman–Crippen MR) is 99.8 cm³/mol. The second-order valence-electron chi connectivity index (χ2n) is 11.6. The van der Waals surface area contributed by atoms with Gasteiger partial charge < -0.3 is 4.74 Å². The standard InChI is InChI=1S/C24H29FO3/c1-22-5-3-11(26)7-15(22)12-8-13(12)19-20-14-9-16(14)24(6-4-18(27)28-24)23(20,2)10-17(25)21(19)22/h7,12-14,16-17,19-21H,3-6,8-10H2,1-2H3/t12-,13+,14-,16?,17+,19?,20?,21?,22+,23+,24+/m1/s1. The molecule has 1 aliphatic heterocycles. The van der Waals surface area contributed by atoms with Gasteiger partial charge in [0.05, 0.1) is 0 Å². The number of fused-ring (bicyclic) bond motifs is 12. The highest BCUT2D eigenvalue weighted by molar-refractivity contribution is 5.92. The average molecular weight is 384 g/mol. The molecule has 6 aliphatic carbocycles. The minimum absolute atomic E-state index is 0.0437. The molecular formula is C24H29FO3. The zero-order chi connectivity index (χ0) is 19.2. The van der Waals surface area contributed by atoms with Gasteiger partial charge in [0.2, 0.25) is 0 Å². The van der Waals surface area contributed by atoms with Crippen LogP contribution in [0.15, 0.2) is 11.6 Å². The van der Waals surface area contributed by atoms with Crippen molar-refractivity contribution in [1.82, 2.24) is 0 Å². The molecule has 7 rings (SSSR count).